The molecule has 3 nitrogen and oxygen atoms in total. The molecular formula is C13H13BrF3N3. The third-order valence-corrected chi connectivity index (χ3v) is 3.26. The molecule has 0 saturated carbocycles. The first-order chi connectivity index (χ1) is 9.25. The summed E-state index contributed by atoms with van der Waals surface area (Å²) in [6.45, 7) is 2.27. The molecule has 20 heavy (non-hydrogen) atoms. The Kier molecular flexibility index (Phi) is 4.08. The summed E-state index contributed by atoms with van der Waals surface area (Å²) in [6, 6.07) is 5.64. The highest BCUT2D eigenvalue weighted by molar-refractivity contribution is 9.10. The van der Waals surface area contributed by atoms with Crippen molar-refractivity contribution in [2.24, 2.45) is 7.05 Å². The summed E-state index contributed by atoms with van der Waals surface area (Å²) in [5.74, 6) is 0. The van der Waals surface area contributed by atoms with Crippen LogP contribution in [0.3, 0.4) is 0 Å². The Hall–Kier alpha value is -1.50. The van der Waals surface area contributed by atoms with Crippen molar-refractivity contribution in [1.82, 2.24) is 9.78 Å². The molecule has 0 aliphatic heterocycles. The predicted molar refractivity (Wildman–Crippen MR) is 74.4 cm³/mol. The van der Waals surface area contributed by atoms with E-state index >= 15 is 0 Å². The van der Waals surface area contributed by atoms with Gasteiger partial charge in [0.05, 0.1) is 23.5 Å². The lowest BCUT2D eigenvalue weighted by molar-refractivity contribution is -0.137. The molecule has 0 spiro atoms. The van der Waals surface area contributed by atoms with Crippen molar-refractivity contribution < 1.29 is 13.2 Å². The van der Waals surface area contributed by atoms with Gasteiger partial charge in [0.1, 0.15) is 0 Å². The number of aromatic nitrogens is 2. The van der Waals surface area contributed by atoms with Gasteiger partial charge in [-0.1, -0.05) is 15.9 Å². The van der Waals surface area contributed by atoms with Crippen LogP contribution >= 0.6 is 15.9 Å². The molecule has 0 unspecified atom stereocenters. The van der Waals surface area contributed by atoms with Gasteiger partial charge in [0.2, 0.25) is 0 Å². The molecule has 0 radical (unpaired) electrons. The second-order valence-electron chi connectivity index (χ2n) is 4.48. The third-order valence-electron chi connectivity index (χ3n) is 2.80. The minimum absolute atomic E-state index is 0.385. The summed E-state index contributed by atoms with van der Waals surface area (Å²) >= 11 is 3.09. The fraction of sp³-hybridized carbons (Fsp3) is 0.308. The normalized spacial score (nSPS) is 11.7. The second-order valence-corrected chi connectivity index (χ2v) is 5.40. The lowest BCUT2D eigenvalue weighted by Crippen LogP contribution is -2.08. The van der Waals surface area contributed by atoms with Crippen LogP contribution in [0.2, 0.25) is 0 Å². The van der Waals surface area contributed by atoms with Crippen LogP contribution in [-0.2, 0) is 19.8 Å². The van der Waals surface area contributed by atoms with Gasteiger partial charge in [-0.25, -0.2) is 0 Å². The van der Waals surface area contributed by atoms with E-state index in [1.54, 1.807) is 17.8 Å². The van der Waals surface area contributed by atoms with Crippen LogP contribution in [0.1, 0.15) is 17.0 Å². The lowest BCUT2D eigenvalue weighted by Gasteiger charge is -2.12. The number of nitrogens with one attached hydrogen (secondary N) is 1. The molecule has 0 saturated heterocycles. The van der Waals surface area contributed by atoms with Crippen molar-refractivity contribution in [3.63, 3.8) is 0 Å². The second kappa shape index (κ2) is 5.47. The quantitative estimate of drug-likeness (QED) is 0.904. The van der Waals surface area contributed by atoms with Crippen molar-refractivity contribution >= 4 is 21.6 Å². The minimum Gasteiger partial charge on any atom is -0.379 e. The first kappa shape index (κ1) is 14.9. The Balaban J connectivity index is 2.18. The molecule has 0 atom stereocenters. The van der Waals surface area contributed by atoms with Gasteiger partial charge < -0.3 is 5.32 Å². The van der Waals surface area contributed by atoms with Gasteiger partial charge in [0, 0.05) is 17.2 Å². The van der Waals surface area contributed by atoms with Crippen LogP contribution in [0.25, 0.3) is 0 Å². The predicted octanol–water partition coefficient (Wildman–Crippen LogP) is 4.12. The fourth-order valence-electron chi connectivity index (χ4n) is 1.88. The molecule has 1 N–H and O–H groups in total. The van der Waals surface area contributed by atoms with Crippen molar-refractivity contribution in [3.8, 4) is 0 Å². The van der Waals surface area contributed by atoms with Crippen molar-refractivity contribution in [2.45, 2.75) is 19.6 Å². The maximum atomic E-state index is 12.7. The van der Waals surface area contributed by atoms with Gasteiger partial charge in [-0.3, -0.25) is 4.68 Å². The zero-order valence-corrected chi connectivity index (χ0v) is 12.5. The van der Waals surface area contributed by atoms with Crippen LogP contribution in [-0.4, -0.2) is 9.78 Å². The van der Waals surface area contributed by atoms with Gasteiger partial charge in [-0.2, -0.15) is 18.3 Å². The van der Waals surface area contributed by atoms with Gasteiger partial charge >= 0.3 is 6.18 Å². The summed E-state index contributed by atoms with van der Waals surface area (Å²) in [5, 5.41) is 7.16. The van der Waals surface area contributed by atoms with Crippen LogP contribution in [0.5, 0.6) is 0 Å². The number of alkyl halides is 3. The van der Waals surface area contributed by atoms with E-state index in [0.717, 1.165) is 23.5 Å². The van der Waals surface area contributed by atoms with Crippen LogP contribution in [0.15, 0.2) is 28.7 Å². The highest BCUT2D eigenvalue weighted by Crippen LogP contribution is 2.33. The molecule has 1 aromatic carbocycles. The fourth-order valence-corrected chi connectivity index (χ4v) is 2.37. The molecule has 1 heterocycles. The van der Waals surface area contributed by atoms with Crippen LogP contribution < -0.4 is 5.32 Å². The zero-order valence-electron chi connectivity index (χ0n) is 10.9. The SMILES string of the molecule is Cc1cc(CNc2cc(Br)cc(C(F)(F)F)c2)n(C)n1. The topological polar surface area (TPSA) is 29.9 Å². The highest BCUT2D eigenvalue weighted by Gasteiger charge is 2.31. The van der Waals surface area contributed by atoms with Gasteiger partial charge in [-0.05, 0) is 31.2 Å². The number of hydrogen-bond acceptors (Lipinski definition) is 2. The maximum Gasteiger partial charge on any atom is 0.416 e. The Morgan fingerprint density at radius 1 is 1.25 bits per heavy atom. The number of anilines is 1. The molecular weight excluding hydrogens is 335 g/mol. The Bertz CT molecular complexity index is 620. The van der Waals surface area contributed by atoms with Crippen LogP contribution in [0, 0.1) is 6.92 Å². The van der Waals surface area contributed by atoms with E-state index in [4.69, 9.17) is 0 Å². The minimum atomic E-state index is -4.36. The summed E-state index contributed by atoms with van der Waals surface area (Å²) in [7, 11) is 1.80. The smallest absolute Gasteiger partial charge is 0.379 e. The van der Waals surface area contributed by atoms with E-state index in [1.807, 2.05) is 13.0 Å². The lowest BCUT2D eigenvalue weighted by atomic mass is 10.2. The molecule has 0 fully saturated rings. The van der Waals surface area contributed by atoms with E-state index in [1.165, 1.54) is 0 Å². The first-order valence-electron chi connectivity index (χ1n) is 5.87. The number of nitrogens with zero attached hydrogens (tertiary/aromatic N) is 2. The molecule has 108 valence electrons. The zero-order chi connectivity index (χ0) is 14.9. The summed E-state index contributed by atoms with van der Waals surface area (Å²) in [5.41, 5.74) is 1.49. The van der Waals surface area contributed by atoms with Gasteiger partial charge in [0.15, 0.2) is 0 Å². The largest absolute Gasteiger partial charge is 0.416 e. The maximum absolute atomic E-state index is 12.7. The van der Waals surface area contributed by atoms with Crippen molar-refractivity contribution in [3.05, 3.63) is 45.7 Å². The van der Waals surface area contributed by atoms with Crippen LogP contribution in [0.4, 0.5) is 18.9 Å². The monoisotopic (exact) mass is 347 g/mol. The van der Waals surface area contributed by atoms with E-state index in [0.29, 0.717) is 16.7 Å². The van der Waals surface area contributed by atoms with Crippen molar-refractivity contribution in [2.75, 3.05) is 5.32 Å². The van der Waals surface area contributed by atoms with E-state index < -0.39 is 11.7 Å². The molecule has 0 aliphatic rings. The average Bonchev–Trinajstić information content (AvgIpc) is 2.63. The number of rotatable bonds is 3. The molecule has 7 heteroatoms. The number of aryl methyl sites for hydroxylation is 2. The van der Waals surface area contributed by atoms with Gasteiger partial charge in [-0.15, -0.1) is 0 Å². The number of halogens is 4. The summed E-state index contributed by atoms with van der Waals surface area (Å²) in [6.07, 6.45) is -4.36. The highest BCUT2D eigenvalue weighted by atomic mass is 79.9. The Morgan fingerprint density at radius 2 is 1.95 bits per heavy atom. The Labute approximate surface area is 122 Å². The first-order valence-corrected chi connectivity index (χ1v) is 6.66. The summed E-state index contributed by atoms with van der Waals surface area (Å²) < 4.78 is 40.2. The van der Waals surface area contributed by atoms with E-state index in [9.17, 15) is 13.2 Å². The molecule has 1 aromatic heterocycles. The molecule has 0 aliphatic carbocycles. The number of benzene rings is 1. The number of hydrogen-bond donors (Lipinski definition) is 1. The summed E-state index contributed by atoms with van der Waals surface area (Å²) in [4.78, 5) is 0. The molecule has 2 aromatic rings. The standard InChI is InChI=1S/C13H13BrF3N3/c1-8-3-12(20(2)19-8)7-18-11-5-9(13(15,16)17)4-10(14)6-11/h3-6,18H,7H2,1-2H3. The average molecular weight is 348 g/mol. The van der Waals surface area contributed by atoms with Crippen molar-refractivity contribution in [1.29, 1.82) is 0 Å². The molecule has 0 bridgehead atoms. The third kappa shape index (κ3) is 3.53. The van der Waals surface area contributed by atoms with E-state index in [2.05, 4.69) is 26.3 Å². The molecule has 2 rings (SSSR count). The van der Waals surface area contributed by atoms with Gasteiger partial charge in [0.25, 0.3) is 0 Å². The van der Waals surface area contributed by atoms with E-state index in [-0.39, 0.29) is 0 Å². The molecule has 0 amide bonds. The Morgan fingerprint density at radius 3 is 2.50 bits per heavy atom.